The summed E-state index contributed by atoms with van der Waals surface area (Å²) in [6, 6.07) is 2.00. The molecular formula is C14H20N4OS. The lowest BCUT2D eigenvalue weighted by Crippen LogP contribution is -2.37. The number of aromatic nitrogens is 2. The Morgan fingerprint density at radius 1 is 1.45 bits per heavy atom. The van der Waals surface area contributed by atoms with E-state index in [0.717, 1.165) is 34.8 Å². The van der Waals surface area contributed by atoms with Crippen LogP contribution in [0.4, 0.5) is 5.82 Å². The van der Waals surface area contributed by atoms with Crippen LogP contribution in [-0.2, 0) is 11.2 Å². The van der Waals surface area contributed by atoms with Crippen molar-refractivity contribution in [2.45, 2.75) is 27.2 Å². The van der Waals surface area contributed by atoms with Crippen molar-refractivity contribution >= 4 is 33.3 Å². The van der Waals surface area contributed by atoms with Crippen LogP contribution in [0.15, 0.2) is 11.4 Å². The lowest BCUT2D eigenvalue weighted by molar-refractivity contribution is -0.116. The van der Waals surface area contributed by atoms with Crippen LogP contribution in [-0.4, -0.2) is 29.0 Å². The first kappa shape index (κ1) is 14.7. The van der Waals surface area contributed by atoms with Gasteiger partial charge in [-0.25, -0.2) is 9.97 Å². The first-order valence-electron chi connectivity index (χ1n) is 6.78. The fourth-order valence-electron chi connectivity index (χ4n) is 2.14. The molecule has 2 rings (SSSR count). The average molecular weight is 292 g/mol. The summed E-state index contributed by atoms with van der Waals surface area (Å²) in [7, 11) is 0. The maximum absolute atomic E-state index is 11.3. The minimum Gasteiger partial charge on any atom is -0.368 e. The van der Waals surface area contributed by atoms with Crippen LogP contribution in [0, 0.1) is 5.92 Å². The van der Waals surface area contributed by atoms with Gasteiger partial charge < -0.3 is 10.6 Å². The van der Waals surface area contributed by atoms with Gasteiger partial charge in [0.25, 0.3) is 0 Å². The Morgan fingerprint density at radius 2 is 2.20 bits per heavy atom. The van der Waals surface area contributed by atoms with E-state index in [1.165, 1.54) is 0 Å². The summed E-state index contributed by atoms with van der Waals surface area (Å²) in [5.41, 5.74) is 5.37. The second kappa shape index (κ2) is 6.17. The van der Waals surface area contributed by atoms with Crippen molar-refractivity contribution in [3.8, 4) is 0 Å². The van der Waals surface area contributed by atoms with Gasteiger partial charge in [0.05, 0.1) is 11.9 Å². The highest BCUT2D eigenvalue weighted by molar-refractivity contribution is 7.16. The maximum atomic E-state index is 11.3. The van der Waals surface area contributed by atoms with Crippen molar-refractivity contribution in [2.75, 3.05) is 18.0 Å². The van der Waals surface area contributed by atoms with Crippen LogP contribution in [0.5, 0.6) is 0 Å². The molecule has 5 nitrogen and oxygen atoms in total. The lowest BCUT2D eigenvalue weighted by Gasteiger charge is -2.25. The van der Waals surface area contributed by atoms with Gasteiger partial charge in [0.1, 0.15) is 16.5 Å². The highest BCUT2D eigenvalue weighted by Gasteiger charge is 2.17. The van der Waals surface area contributed by atoms with Gasteiger partial charge in [-0.05, 0) is 17.4 Å². The van der Waals surface area contributed by atoms with E-state index in [9.17, 15) is 4.79 Å². The Kier molecular flexibility index (Phi) is 4.54. The van der Waals surface area contributed by atoms with Crippen LogP contribution in [0.25, 0.3) is 10.2 Å². The van der Waals surface area contributed by atoms with E-state index in [-0.39, 0.29) is 12.5 Å². The van der Waals surface area contributed by atoms with E-state index in [1.807, 2.05) is 23.3 Å². The molecule has 2 N–H and O–H groups in total. The quantitative estimate of drug-likeness (QED) is 0.886. The number of nitrogens with two attached hydrogens (primary N) is 1. The van der Waals surface area contributed by atoms with Crippen molar-refractivity contribution in [1.29, 1.82) is 0 Å². The van der Waals surface area contributed by atoms with E-state index in [0.29, 0.717) is 5.92 Å². The molecule has 0 bridgehead atoms. The molecule has 0 radical (unpaired) electrons. The number of thiophene rings is 1. The number of hydrogen-bond donors (Lipinski definition) is 1. The fourth-order valence-corrected chi connectivity index (χ4v) is 2.91. The topological polar surface area (TPSA) is 72.1 Å². The summed E-state index contributed by atoms with van der Waals surface area (Å²) in [5.74, 6) is 1.70. The molecule has 0 saturated heterocycles. The van der Waals surface area contributed by atoms with Gasteiger partial charge in [-0.2, -0.15) is 0 Å². The summed E-state index contributed by atoms with van der Waals surface area (Å²) in [5, 5.41) is 2.99. The van der Waals surface area contributed by atoms with Crippen LogP contribution < -0.4 is 10.6 Å². The van der Waals surface area contributed by atoms with E-state index in [1.54, 1.807) is 11.3 Å². The molecule has 0 aliphatic rings. The first-order chi connectivity index (χ1) is 9.51. The van der Waals surface area contributed by atoms with Gasteiger partial charge in [-0.3, -0.25) is 4.79 Å². The number of amides is 1. The monoisotopic (exact) mass is 292 g/mol. The average Bonchev–Trinajstić information content (AvgIpc) is 2.83. The zero-order valence-electron chi connectivity index (χ0n) is 12.1. The number of rotatable bonds is 6. The van der Waals surface area contributed by atoms with Crippen molar-refractivity contribution in [2.24, 2.45) is 11.7 Å². The fraction of sp³-hybridized carbons (Fsp3) is 0.500. The van der Waals surface area contributed by atoms with Crippen LogP contribution in [0.1, 0.15) is 26.6 Å². The van der Waals surface area contributed by atoms with E-state index < -0.39 is 0 Å². The summed E-state index contributed by atoms with van der Waals surface area (Å²) >= 11 is 1.59. The number of primary amides is 1. The predicted octanol–water partition coefficient (Wildman–Crippen LogP) is 2.20. The number of carbonyl (C=O) groups is 1. The molecule has 0 unspecified atom stereocenters. The van der Waals surface area contributed by atoms with Crippen molar-refractivity contribution in [3.05, 3.63) is 17.3 Å². The molecule has 6 heteroatoms. The van der Waals surface area contributed by atoms with Crippen molar-refractivity contribution < 1.29 is 4.79 Å². The minimum atomic E-state index is -0.342. The number of nitrogens with zero attached hydrogens (tertiary/aromatic N) is 3. The third-order valence-electron chi connectivity index (χ3n) is 2.90. The maximum Gasteiger partial charge on any atom is 0.236 e. The first-order valence-corrected chi connectivity index (χ1v) is 7.66. The van der Waals surface area contributed by atoms with Gasteiger partial charge in [-0.1, -0.05) is 20.8 Å². The molecule has 0 atom stereocenters. The number of aryl methyl sites for hydroxylation is 1. The Bertz CT molecular complexity index is 608. The molecular weight excluding hydrogens is 272 g/mol. The van der Waals surface area contributed by atoms with Gasteiger partial charge in [0, 0.05) is 13.0 Å². The minimum absolute atomic E-state index is 0.184. The summed E-state index contributed by atoms with van der Waals surface area (Å²) < 4.78 is 0. The van der Waals surface area contributed by atoms with Crippen LogP contribution in [0.2, 0.25) is 0 Å². The zero-order valence-corrected chi connectivity index (χ0v) is 12.9. The molecule has 2 aromatic rings. The molecule has 2 heterocycles. The second-order valence-corrected chi connectivity index (χ2v) is 6.09. The molecule has 0 aromatic carbocycles. The Balaban J connectivity index is 2.49. The molecule has 0 aliphatic carbocycles. The molecule has 20 heavy (non-hydrogen) atoms. The molecule has 0 fully saturated rings. The second-order valence-electron chi connectivity index (χ2n) is 5.20. The van der Waals surface area contributed by atoms with Gasteiger partial charge >= 0.3 is 0 Å². The van der Waals surface area contributed by atoms with Crippen LogP contribution in [0.3, 0.4) is 0 Å². The number of anilines is 1. The Morgan fingerprint density at radius 3 is 2.80 bits per heavy atom. The normalized spacial score (nSPS) is 11.2. The highest BCUT2D eigenvalue weighted by Crippen LogP contribution is 2.28. The van der Waals surface area contributed by atoms with Gasteiger partial charge in [-0.15, -0.1) is 11.3 Å². The van der Waals surface area contributed by atoms with Crippen LogP contribution >= 0.6 is 11.3 Å². The van der Waals surface area contributed by atoms with Crippen molar-refractivity contribution in [3.63, 3.8) is 0 Å². The summed E-state index contributed by atoms with van der Waals surface area (Å²) in [6.45, 7) is 7.18. The van der Waals surface area contributed by atoms with E-state index >= 15 is 0 Å². The smallest absolute Gasteiger partial charge is 0.236 e. The third-order valence-corrected chi connectivity index (χ3v) is 3.71. The molecule has 2 aromatic heterocycles. The largest absolute Gasteiger partial charge is 0.368 e. The standard InChI is InChI=1S/C14H20N4OS/c1-4-12-16-13(10-5-6-20-14(10)17-12)18(7-9(2)3)8-11(15)19/h5-6,9H,4,7-8H2,1-3H3,(H2,15,19). The van der Waals surface area contributed by atoms with Gasteiger partial charge in [0.2, 0.25) is 5.91 Å². The number of hydrogen-bond acceptors (Lipinski definition) is 5. The zero-order chi connectivity index (χ0) is 14.7. The summed E-state index contributed by atoms with van der Waals surface area (Å²) in [6.07, 6.45) is 0.771. The number of carbonyl (C=O) groups excluding carboxylic acids is 1. The molecule has 1 amide bonds. The van der Waals surface area contributed by atoms with E-state index in [2.05, 4.69) is 23.8 Å². The van der Waals surface area contributed by atoms with Crippen molar-refractivity contribution in [1.82, 2.24) is 9.97 Å². The molecule has 0 aliphatic heterocycles. The Labute approximate surface area is 122 Å². The SMILES string of the molecule is CCc1nc(N(CC(N)=O)CC(C)C)c2ccsc2n1. The molecule has 0 saturated carbocycles. The van der Waals surface area contributed by atoms with E-state index in [4.69, 9.17) is 5.73 Å². The molecule has 0 spiro atoms. The summed E-state index contributed by atoms with van der Waals surface area (Å²) in [4.78, 5) is 23.4. The lowest BCUT2D eigenvalue weighted by atomic mass is 10.2. The molecule has 108 valence electrons. The number of fused-ring (bicyclic) bond motifs is 1. The van der Waals surface area contributed by atoms with Gasteiger partial charge in [0.15, 0.2) is 0 Å². The predicted molar refractivity (Wildman–Crippen MR) is 83.0 cm³/mol. The third kappa shape index (κ3) is 3.25. The highest BCUT2D eigenvalue weighted by atomic mass is 32.1. The Hall–Kier alpha value is -1.69.